The smallest absolute Gasteiger partial charge is 0.0570 e. The van der Waals surface area contributed by atoms with Gasteiger partial charge in [0, 0.05) is 0 Å². The van der Waals surface area contributed by atoms with Crippen LogP contribution in [0.15, 0.2) is 24.3 Å². The normalized spacial score (nSPS) is 8.40. The van der Waals surface area contributed by atoms with E-state index in [-0.39, 0.29) is 0 Å². The molecular formula is C7H8N3+. The third-order valence-electron chi connectivity index (χ3n) is 1.23. The monoisotopic (exact) mass is 134 g/mol. The fourth-order valence-electron chi connectivity index (χ4n) is 0.686. The minimum Gasteiger partial charge on any atom is -0.0570 e. The van der Waals surface area contributed by atoms with Crippen molar-refractivity contribution in [3.05, 3.63) is 34.9 Å². The summed E-state index contributed by atoms with van der Waals surface area (Å²) in [6, 6.07) is 7.56. The molecule has 3 nitrogen and oxygen atoms in total. The number of aryl methyl sites for hydroxylation is 1. The zero-order chi connectivity index (χ0) is 7.40. The van der Waals surface area contributed by atoms with Crippen LogP contribution in [-0.2, 0) is 0 Å². The van der Waals surface area contributed by atoms with Gasteiger partial charge in [-0.2, -0.15) is 0 Å². The second-order valence-electron chi connectivity index (χ2n) is 2.08. The topological polar surface area (TPSA) is 40.2 Å². The number of rotatable bonds is 1. The van der Waals surface area contributed by atoms with Crippen LogP contribution in [0.4, 0.5) is 5.69 Å². The second-order valence-corrected chi connectivity index (χ2v) is 2.08. The van der Waals surface area contributed by atoms with Gasteiger partial charge in [-0.05, 0) is 24.5 Å². The molecule has 0 bridgehead atoms. The van der Waals surface area contributed by atoms with Crippen molar-refractivity contribution in [2.45, 2.75) is 6.92 Å². The zero-order valence-corrected chi connectivity index (χ0v) is 5.70. The van der Waals surface area contributed by atoms with E-state index in [0.717, 1.165) is 5.69 Å². The van der Waals surface area contributed by atoms with Crippen LogP contribution in [0.3, 0.4) is 0 Å². The summed E-state index contributed by atoms with van der Waals surface area (Å²) in [5.74, 6) is 0. The molecule has 0 amide bonds. The number of hydrogen-bond acceptors (Lipinski definition) is 2. The highest BCUT2D eigenvalue weighted by Crippen LogP contribution is 2.07. The van der Waals surface area contributed by atoms with E-state index in [1.807, 2.05) is 31.2 Å². The summed E-state index contributed by atoms with van der Waals surface area (Å²) in [4.78, 5) is 0. The first kappa shape index (κ1) is 6.56. The van der Waals surface area contributed by atoms with E-state index in [4.69, 9.17) is 5.39 Å². The van der Waals surface area contributed by atoms with E-state index in [1.165, 1.54) is 5.56 Å². The molecule has 1 rings (SSSR count). The van der Waals surface area contributed by atoms with Crippen LogP contribution in [-0.4, -0.2) is 0 Å². The summed E-state index contributed by atoms with van der Waals surface area (Å²) < 4.78 is 0. The van der Waals surface area contributed by atoms with Crippen molar-refractivity contribution in [3.8, 4) is 0 Å². The van der Waals surface area contributed by atoms with Crippen molar-refractivity contribution < 1.29 is 0 Å². The van der Waals surface area contributed by atoms with E-state index in [9.17, 15) is 0 Å². The molecule has 1 aromatic carbocycles. The number of nitrogens with zero attached hydrogens (tertiary/aromatic N) is 2. The highest BCUT2D eigenvalue weighted by atomic mass is 15.3. The van der Waals surface area contributed by atoms with Gasteiger partial charge in [0.1, 0.15) is 5.69 Å². The largest absolute Gasteiger partial charge is 0.308 e. The number of anilines is 1. The molecule has 0 unspecified atom stereocenters. The first-order valence-electron chi connectivity index (χ1n) is 2.99. The van der Waals surface area contributed by atoms with Crippen LogP contribution in [0.25, 0.3) is 5.08 Å². The third-order valence-corrected chi connectivity index (χ3v) is 1.23. The van der Waals surface area contributed by atoms with Crippen LogP contribution in [0.2, 0.25) is 0 Å². The van der Waals surface area contributed by atoms with E-state index in [1.54, 1.807) is 0 Å². The van der Waals surface area contributed by atoms with Crippen molar-refractivity contribution in [3.63, 3.8) is 0 Å². The summed E-state index contributed by atoms with van der Waals surface area (Å²) in [6.45, 7) is 2.00. The Bertz CT molecular complexity index is 245. The third kappa shape index (κ3) is 1.46. The number of benzene rings is 1. The number of nitrogens with one attached hydrogen (secondary N) is 1. The summed E-state index contributed by atoms with van der Waals surface area (Å²) >= 11 is 0. The Morgan fingerprint density at radius 1 is 1.30 bits per heavy atom. The van der Waals surface area contributed by atoms with Crippen LogP contribution in [0.1, 0.15) is 5.56 Å². The van der Waals surface area contributed by atoms with Gasteiger partial charge in [-0.3, -0.25) is 0 Å². The molecule has 0 fully saturated rings. The molecule has 1 N–H and O–H groups in total. The van der Waals surface area contributed by atoms with Gasteiger partial charge in [-0.15, -0.1) is 0 Å². The quantitative estimate of drug-likeness (QED) is 0.472. The Balaban J connectivity index is 2.81. The summed E-state index contributed by atoms with van der Waals surface area (Å²) in [7, 11) is 0. The Kier molecular flexibility index (Phi) is 1.86. The predicted molar refractivity (Wildman–Crippen MR) is 39.9 cm³/mol. The van der Waals surface area contributed by atoms with E-state index < -0.39 is 0 Å². The van der Waals surface area contributed by atoms with Crippen LogP contribution < -0.4 is 5.43 Å². The average Bonchev–Trinajstić information content (AvgIpc) is 1.95. The SMILES string of the molecule is Cc1ccc(N[N+]#N)cc1. The molecule has 0 saturated carbocycles. The van der Waals surface area contributed by atoms with Gasteiger partial charge in [0.05, 0.1) is 0 Å². The molecular weight excluding hydrogens is 126 g/mol. The van der Waals surface area contributed by atoms with E-state index in [2.05, 4.69) is 10.5 Å². The molecule has 0 saturated heterocycles. The molecule has 0 spiro atoms. The molecule has 0 radical (unpaired) electrons. The van der Waals surface area contributed by atoms with Gasteiger partial charge >= 0.3 is 5.08 Å². The van der Waals surface area contributed by atoms with Crippen molar-refractivity contribution in [2.24, 2.45) is 0 Å². The maximum Gasteiger partial charge on any atom is 0.308 e. The van der Waals surface area contributed by atoms with Crippen molar-refractivity contribution in [1.29, 1.82) is 5.39 Å². The first-order valence-corrected chi connectivity index (χ1v) is 2.99. The lowest BCUT2D eigenvalue weighted by Crippen LogP contribution is -1.82. The highest BCUT2D eigenvalue weighted by Gasteiger charge is 1.93. The summed E-state index contributed by atoms with van der Waals surface area (Å²) in [5.41, 5.74) is 4.38. The van der Waals surface area contributed by atoms with Gasteiger partial charge in [-0.1, -0.05) is 17.7 Å². The lowest BCUT2D eigenvalue weighted by atomic mass is 10.2. The lowest BCUT2D eigenvalue weighted by molar-refractivity contribution is 1.38. The minimum absolute atomic E-state index is 0.785. The van der Waals surface area contributed by atoms with Gasteiger partial charge in [0.25, 0.3) is 5.39 Å². The van der Waals surface area contributed by atoms with Gasteiger partial charge in [0.15, 0.2) is 0 Å². The minimum atomic E-state index is 0.785. The van der Waals surface area contributed by atoms with Crippen LogP contribution in [0, 0.1) is 12.3 Å². The molecule has 0 aliphatic heterocycles. The van der Waals surface area contributed by atoms with Crippen molar-refractivity contribution in [1.82, 2.24) is 0 Å². The predicted octanol–water partition coefficient (Wildman–Crippen LogP) is 2.17. The standard InChI is InChI=1S/C7H8N3/c1-6-2-4-7(5-3-6)9-10-8/h2-5,9H,1H3/q+1. The second kappa shape index (κ2) is 2.83. The lowest BCUT2D eigenvalue weighted by Gasteiger charge is -1.89. The molecule has 0 aliphatic carbocycles. The molecule has 0 aliphatic rings. The first-order chi connectivity index (χ1) is 4.83. The van der Waals surface area contributed by atoms with Gasteiger partial charge < -0.3 is 0 Å². The Labute approximate surface area is 59.3 Å². The fourth-order valence-corrected chi connectivity index (χ4v) is 0.686. The van der Waals surface area contributed by atoms with Crippen LogP contribution >= 0.6 is 0 Å². The van der Waals surface area contributed by atoms with Gasteiger partial charge in [-0.25, -0.2) is 0 Å². The summed E-state index contributed by atoms with van der Waals surface area (Å²) in [5, 5.41) is 10.9. The van der Waals surface area contributed by atoms with E-state index in [0.29, 0.717) is 0 Å². The van der Waals surface area contributed by atoms with E-state index >= 15 is 0 Å². The fraction of sp³-hybridized carbons (Fsp3) is 0.143. The molecule has 50 valence electrons. The number of diazo groups is 1. The average molecular weight is 134 g/mol. The Hall–Kier alpha value is -1.56. The summed E-state index contributed by atoms with van der Waals surface area (Å²) in [6.07, 6.45) is 0. The molecule has 1 aromatic rings. The molecule has 10 heavy (non-hydrogen) atoms. The number of hydrogen-bond donors (Lipinski definition) is 1. The molecule has 0 atom stereocenters. The molecule has 0 heterocycles. The maximum atomic E-state index is 8.10. The van der Waals surface area contributed by atoms with Crippen molar-refractivity contribution in [2.75, 3.05) is 5.43 Å². The Morgan fingerprint density at radius 3 is 2.40 bits per heavy atom. The highest BCUT2D eigenvalue weighted by molar-refractivity contribution is 5.44. The van der Waals surface area contributed by atoms with Crippen molar-refractivity contribution >= 4 is 5.69 Å². The van der Waals surface area contributed by atoms with Gasteiger partial charge in [0.2, 0.25) is 0 Å². The Morgan fingerprint density at radius 2 is 1.90 bits per heavy atom. The van der Waals surface area contributed by atoms with Crippen LogP contribution in [0.5, 0.6) is 0 Å². The maximum absolute atomic E-state index is 8.10. The molecule has 0 aromatic heterocycles. The molecule has 3 heteroatoms. The zero-order valence-electron chi connectivity index (χ0n) is 5.70.